The molecule has 1 aliphatic heterocycles. The molecule has 8 heteroatoms. The van der Waals surface area contributed by atoms with Crippen molar-refractivity contribution >= 4 is 29.7 Å². The molecular weight excluding hydrogens is 364 g/mol. The van der Waals surface area contributed by atoms with Crippen LogP contribution in [0.3, 0.4) is 0 Å². The fraction of sp³-hybridized carbons (Fsp3) is 0.100. The van der Waals surface area contributed by atoms with E-state index in [0.717, 1.165) is 0 Å². The summed E-state index contributed by atoms with van der Waals surface area (Å²) < 4.78 is 15.5. The zero-order valence-corrected chi connectivity index (χ0v) is 15.1. The lowest BCUT2D eigenvalue weighted by molar-refractivity contribution is -0.384. The average Bonchev–Trinajstić information content (AvgIpc) is 3.05. The lowest BCUT2D eigenvalue weighted by Gasteiger charge is -2.07. The summed E-state index contributed by atoms with van der Waals surface area (Å²) in [6.45, 7) is 0. The molecule has 0 aliphatic carbocycles. The third-order valence-electron chi connectivity index (χ3n) is 3.85. The molecule has 3 rings (SSSR count). The number of cyclic esters (lactones) is 1. The van der Waals surface area contributed by atoms with E-state index in [1.54, 1.807) is 42.5 Å². The summed E-state index contributed by atoms with van der Waals surface area (Å²) in [5.74, 6) is 0.609. The van der Waals surface area contributed by atoms with Crippen LogP contribution in [0, 0.1) is 10.1 Å². The molecule has 0 saturated heterocycles. The minimum Gasteiger partial charge on any atom is -0.493 e. The van der Waals surface area contributed by atoms with Gasteiger partial charge >= 0.3 is 5.97 Å². The standard InChI is InChI=1S/C20H16N2O6/c1-26-17-8-6-14(12-18(17)27-2)11-16-20(23)28-19(21-16)9-7-13-4-3-5-15(10-13)22(24)25/h3-12H,1-2H3. The molecule has 0 fully saturated rings. The second-order valence-electron chi connectivity index (χ2n) is 5.67. The van der Waals surface area contributed by atoms with Crippen LogP contribution in [0.5, 0.6) is 11.5 Å². The van der Waals surface area contributed by atoms with E-state index in [1.165, 1.54) is 32.4 Å². The summed E-state index contributed by atoms with van der Waals surface area (Å²) in [7, 11) is 3.06. The third kappa shape index (κ3) is 4.24. The molecule has 2 aromatic carbocycles. The predicted molar refractivity (Wildman–Crippen MR) is 103 cm³/mol. The van der Waals surface area contributed by atoms with Crippen LogP contribution in [-0.2, 0) is 9.53 Å². The topological polar surface area (TPSA) is 100 Å². The van der Waals surface area contributed by atoms with Crippen LogP contribution in [0.4, 0.5) is 5.69 Å². The van der Waals surface area contributed by atoms with Crippen molar-refractivity contribution in [1.29, 1.82) is 0 Å². The second-order valence-corrected chi connectivity index (χ2v) is 5.67. The van der Waals surface area contributed by atoms with Gasteiger partial charge in [0, 0.05) is 18.2 Å². The molecule has 0 atom stereocenters. The number of nitro benzene ring substituents is 1. The molecule has 1 heterocycles. The highest BCUT2D eigenvalue weighted by molar-refractivity contribution is 6.11. The second kappa shape index (κ2) is 8.17. The lowest BCUT2D eigenvalue weighted by Crippen LogP contribution is -2.01. The minimum atomic E-state index is -0.589. The van der Waals surface area contributed by atoms with Crippen molar-refractivity contribution in [3.8, 4) is 11.5 Å². The van der Waals surface area contributed by atoms with Gasteiger partial charge in [0.1, 0.15) is 0 Å². The number of aliphatic imine (C=N–C) groups is 1. The fourth-order valence-electron chi connectivity index (χ4n) is 2.51. The summed E-state index contributed by atoms with van der Waals surface area (Å²) in [6, 6.07) is 11.3. The van der Waals surface area contributed by atoms with Gasteiger partial charge in [-0.3, -0.25) is 10.1 Å². The highest BCUT2D eigenvalue weighted by atomic mass is 16.6. The summed E-state index contributed by atoms with van der Waals surface area (Å²) >= 11 is 0. The molecule has 28 heavy (non-hydrogen) atoms. The summed E-state index contributed by atoms with van der Waals surface area (Å²) in [5.41, 5.74) is 1.38. The number of non-ortho nitro benzene ring substituents is 1. The Balaban J connectivity index is 1.82. The summed E-state index contributed by atoms with van der Waals surface area (Å²) in [4.78, 5) is 26.5. The highest BCUT2D eigenvalue weighted by Crippen LogP contribution is 2.29. The van der Waals surface area contributed by atoms with Crippen LogP contribution in [0.25, 0.3) is 12.2 Å². The van der Waals surface area contributed by atoms with Crippen LogP contribution in [0.1, 0.15) is 11.1 Å². The van der Waals surface area contributed by atoms with Gasteiger partial charge in [0.05, 0.1) is 19.1 Å². The summed E-state index contributed by atoms with van der Waals surface area (Å²) in [6.07, 6.45) is 4.63. The van der Waals surface area contributed by atoms with E-state index in [1.807, 2.05) is 0 Å². The largest absolute Gasteiger partial charge is 0.493 e. The van der Waals surface area contributed by atoms with E-state index in [2.05, 4.69) is 4.99 Å². The number of methoxy groups -OCH3 is 2. The normalized spacial score (nSPS) is 14.9. The highest BCUT2D eigenvalue weighted by Gasteiger charge is 2.21. The van der Waals surface area contributed by atoms with Crippen molar-refractivity contribution in [3.05, 3.63) is 75.5 Å². The van der Waals surface area contributed by atoms with Crippen molar-refractivity contribution < 1.29 is 23.9 Å². The smallest absolute Gasteiger partial charge is 0.363 e. The molecule has 0 unspecified atom stereocenters. The number of nitrogens with zero attached hydrogens (tertiary/aromatic N) is 2. The monoisotopic (exact) mass is 380 g/mol. The number of carbonyl (C=O) groups is 1. The third-order valence-corrected chi connectivity index (χ3v) is 3.85. The van der Waals surface area contributed by atoms with Gasteiger partial charge in [0.25, 0.3) is 5.69 Å². The Bertz CT molecular complexity index is 1020. The van der Waals surface area contributed by atoms with Crippen molar-refractivity contribution in [2.45, 2.75) is 0 Å². The van der Waals surface area contributed by atoms with Crippen molar-refractivity contribution in [2.75, 3.05) is 14.2 Å². The molecule has 0 saturated carbocycles. The van der Waals surface area contributed by atoms with Crippen molar-refractivity contribution in [3.63, 3.8) is 0 Å². The Kier molecular flexibility index (Phi) is 5.50. The number of rotatable bonds is 6. The number of esters is 1. The van der Waals surface area contributed by atoms with Gasteiger partial charge < -0.3 is 14.2 Å². The number of nitro groups is 1. The zero-order valence-electron chi connectivity index (χ0n) is 15.1. The number of carbonyl (C=O) groups excluding carboxylic acids is 1. The van der Waals surface area contributed by atoms with Crippen LogP contribution >= 0.6 is 0 Å². The Labute approximate surface area is 160 Å². The maximum absolute atomic E-state index is 12.0. The Morgan fingerprint density at radius 3 is 2.54 bits per heavy atom. The summed E-state index contributed by atoms with van der Waals surface area (Å²) in [5, 5.41) is 10.8. The maximum atomic E-state index is 12.0. The molecule has 0 radical (unpaired) electrons. The lowest BCUT2D eigenvalue weighted by atomic mass is 10.1. The quantitative estimate of drug-likeness (QED) is 0.328. The average molecular weight is 380 g/mol. The van der Waals surface area contributed by atoms with Gasteiger partial charge in [-0.25, -0.2) is 9.79 Å². The molecular formula is C20H16N2O6. The van der Waals surface area contributed by atoms with Gasteiger partial charge in [-0.15, -0.1) is 0 Å². The van der Waals surface area contributed by atoms with Gasteiger partial charge in [-0.1, -0.05) is 18.2 Å². The first kappa shape index (κ1) is 18.8. The Morgan fingerprint density at radius 1 is 1.04 bits per heavy atom. The number of ether oxygens (including phenoxy) is 3. The number of benzene rings is 2. The van der Waals surface area contributed by atoms with Gasteiger partial charge in [-0.2, -0.15) is 0 Å². The first-order valence-electron chi connectivity index (χ1n) is 8.17. The molecule has 0 spiro atoms. The molecule has 1 aliphatic rings. The van der Waals surface area contributed by atoms with Gasteiger partial charge in [0.15, 0.2) is 17.2 Å². The molecule has 0 amide bonds. The Hall–Kier alpha value is -3.94. The van der Waals surface area contributed by atoms with Crippen molar-refractivity contribution in [1.82, 2.24) is 0 Å². The predicted octanol–water partition coefficient (Wildman–Crippen LogP) is 3.62. The molecule has 142 valence electrons. The first-order chi connectivity index (χ1) is 13.5. The van der Waals surface area contributed by atoms with E-state index in [4.69, 9.17) is 14.2 Å². The van der Waals surface area contributed by atoms with Crippen molar-refractivity contribution in [2.24, 2.45) is 4.99 Å². The van der Waals surface area contributed by atoms with E-state index in [-0.39, 0.29) is 17.3 Å². The SMILES string of the molecule is COc1ccc(C=C2N=C(C=Cc3cccc([N+](=O)[O-])c3)OC2=O)cc1OC. The fourth-order valence-corrected chi connectivity index (χ4v) is 2.51. The van der Waals surface area contributed by atoms with E-state index < -0.39 is 10.9 Å². The Morgan fingerprint density at radius 2 is 1.82 bits per heavy atom. The first-order valence-corrected chi connectivity index (χ1v) is 8.17. The molecule has 0 aromatic heterocycles. The molecule has 0 bridgehead atoms. The zero-order chi connectivity index (χ0) is 20.1. The van der Waals surface area contributed by atoms with Gasteiger partial charge in [0.2, 0.25) is 5.90 Å². The van der Waals surface area contributed by atoms with Gasteiger partial charge in [-0.05, 0) is 35.4 Å². The number of hydrogen-bond donors (Lipinski definition) is 0. The number of hydrogen-bond acceptors (Lipinski definition) is 7. The van der Waals surface area contributed by atoms with E-state index >= 15 is 0 Å². The molecule has 8 nitrogen and oxygen atoms in total. The van der Waals surface area contributed by atoms with Crippen LogP contribution < -0.4 is 9.47 Å². The van der Waals surface area contributed by atoms with Crippen LogP contribution in [-0.4, -0.2) is 31.0 Å². The van der Waals surface area contributed by atoms with E-state index in [9.17, 15) is 14.9 Å². The van der Waals surface area contributed by atoms with E-state index in [0.29, 0.717) is 22.6 Å². The molecule has 0 N–H and O–H groups in total. The van der Waals surface area contributed by atoms with Crippen LogP contribution in [0.15, 0.2) is 59.2 Å². The van der Waals surface area contributed by atoms with Crippen LogP contribution in [0.2, 0.25) is 0 Å². The maximum Gasteiger partial charge on any atom is 0.363 e. The molecule has 2 aromatic rings. The minimum absolute atomic E-state index is 0.0263.